The van der Waals surface area contributed by atoms with Crippen molar-refractivity contribution in [2.24, 2.45) is 0 Å². The summed E-state index contributed by atoms with van der Waals surface area (Å²) >= 11 is 0. The van der Waals surface area contributed by atoms with E-state index in [0.717, 1.165) is 19.3 Å². The zero-order valence-corrected chi connectivity index (χ0v) is 11.7. The Balaban J connectivity index is 3.21. The molecule has 0 saturated heterocycles. The van der Waals surface area contributed by atoms with Crippen LogP contribution in [0.5, 0.6) is 0 Å². The van der Waals surface area contributed by atoms with Crippen molar-refractivity contribution >= 4 is 5.97 Å². The minimum absolute atomic E-state index is 0.270. The predicted octanol–water partition coefficient (Wildman–Crippen LogP) is 5.10. The third-order valence-corrected chi connectivity index (χ3v) is 2.87. The zero-order valence-electron chi connectivity index (χ0n) is 11.7. The van der Waals surface area contributed by atoms with Crippen LogP contribution in [0.4, 0.5) is 0 Å². The van der Waals surface area contributed by atoms with E-state index in [1.54, 1.807) is 0 Å². The van der Waals surface area contributed by atoms with Gasteiger partial charge in [0.05, 0.1) is 0 Å². The van der Waals surface area contributed by atoms with Gasteiger partial charge in [-0.25, -0.2) is 0 Å². The molecule has 0 rings (SSSR count). The van der Waals surface area contributed by atoms with E-state index in [2.05, 4.69) is 19.1 Å². The summed E-state index contributed by atoms with van der Waals surface area (Å²) in [7, 11) is 0. The molecule has 2 heteroatoms. The molecule has 1 N–H and O–H groups in total. The van der Waals surface area contributed by atoms with Gasteiger partial charge in [0.2, 0.25) is 0 Å². The highest BCUT2D eigenvalue weighted by molar-refractivity contribution is 5.66. The average molecular weight is 252 g/mol. The second-order valence-corrected chi connectivity index (χ2v) is 4.70. The van der Waals surface area contributed by atoms with E-state index < -0.39 is 5.97 Å². The van der Waals surface area contributed by atoms with Crippen LogP contribution in [0.15, 0.2) is 24.3 Å². The van der Waals surface area contributed by atoms with Gasteiger partial charge >= 0.3 is 5.97 Å². The highest BCUT2D eigenvalue weighted by Crippen LogP contribution is 2.07. The first kappa shape index (κ1) is 16.9. The van der Waals surface area contributed by atoms with E-state index in [1.165, 1.54) is 38.5 Å². The predicted molar refractivity (Wildman–Crippen MR) is 77.8 cm³/mol. The molecule has 0 aliphatic heterocycles. The minimum atomic E-state index is -0.706. The van der Waals surface area contributed by atoms with Gasteiger partial charge in [0.15, 0.2) is 0 Å². The van der Waals surface area contributed by atoms with Crippen LogP contribution in [-0.2, 0) is 4.79 Å². The fraction of sp³-hybridized carbons (Fsp3) is 0.688. The first-order chi connectivity index (χ1) is 8.77. The third-order valence-electron chi connectivity index (χ3n) is 2.87. The Hall–Kier alpha value is -1.05. The summed E-state index contributed by atoms with van der Waals surface area (Å²) in [4.78, 5) is 10.3. The standard InChI is InChI=1S/C16H28O2/c1-2-3-4-5-6-7-8-9-10-11-12-13-14-15-16(17)18/h9-12H,2-8,13-15H2,1H3,(H,17,18)/b10-9-,12-11+. The molecule has 0 fully saturated rings. The molecule has 0 aliphatic rings. The number of hydrogen-bond donors (Lipinski definition) is 1. The molecule has 0 bridgehead atoms. The van der Waals surface area contributed by atoms with Gasteiger partial charge in [0, 0.05) is 6.42 Å². The van der Waals surface area contributed by atoms with Crippen molar-refractivity contribution in [2.45, 2.75) is 71.1 Å². The molecule has 0 unspecified atom stereocenters. The summed E-state index contributed by atoms with van der Waals surface area (Å²) in [6.45, 7) is 2.24. The van der Waals surface area contributed by atoms with Gasteiger partial charge < -0.3 is 5.11 Å². The highest BCUT2D eigenvalue weighted by atomic mass is 16.4. The quantitative estimate of drug-likeness (QED) is 0.387. The number of rotatable bonds is 12. The maximum Gasteiger partial charge on any atom is 0.303 e. The summed E-state index contributed by atoms with van der Waals surface area (Å²) in [6, 6.07) is 0. The van der Waals surface area contributed by atoms with Gasteiger partial charge in [-0.15, -0.1) is 0 Å². The van der Waals surface area contributed by atoms with Crippen molar-refractivity contribution in [2.75, 3.05) is 0 Å². The van der Waals surface area contributed by atoms with Crippen LogP contribution >= 0.6 is 0 Å². The summed E-state index contributed by atoms with van der Waals surface area (Å²) in [6.07, 6.45) is 19.4. The molecule has 0 atom stereocenters. The lowest BCUT2D eigenvalue weighted by Gasteiger charge is -1.97. The number of carboxylic acids is 1. The van der Waals surface area contributed by atoms with E-state index in [1.807, 2.05) is 12.2 Å². The maximum absolute atomic E-state index is 10.3. The van der Waals surface area contributed by atoms with Crippen LogP contribution in [-0.4, -0.2) is 11.1 Å². The van der Waals surface area contributed by atoms with Gasteiger partial charge in [-0.1, -0.05) is 63.3 Å². The Morgan fingerprint density at radius 2 is 1.44 bits per heavy atom. The fourth-order valence-electron chi connectivity index (χ4n) is 1.76. The molecule has 2 nitrogen and oxygen atoms in total. The second kappa shape index (κ2) is 14.0. The normalized spacial score (nSPS) is 11.6. The van der Waals surface area contributed by atoms with Crippen LogP contribution in [0.1, 0.15) is 71.1 Å². The molecular weight excluding hydrogens is 224 g/mol. The third kappa shape index (κ3) is 14.9. The van der Waals surface area contributed by atoms with Gasteiger partial charge in [0.1, 0.15) is 0 Å². The summed E-state index contributed by atoms with van der Waals surface area (Å²) in [5, 5.41) is 8.45. The first-order valence-corrected chi connectivity index (χ1v) is 7.30. The van der Waals surface area contributed by atoms with Crippen LogP contribution in [0.25, 0.3) is 0 Å². The maximum atomic E-state index is 10.3. The smallest absolute Gasteiger partial charge is 0.303 e. The molecule has 0 saturated carbocycles. The molecule has 0 aliphatic carbocycles. The molecule has 0 heterocycles. The van der Waals surface area contributed by atoms with Crippen LogP contribution in [0.3, 0.4) is 0 Å². The Bertz CT molecular complexity index is 241. The van der Waals surface area contributed by atoms with Crippen molar-refractivity contribution in [3.63, 3.8) is 0 Å². The van der Waals surface area contributed by atoms with E-state index >= 15 is 0 Å². The van der Waals surface area contributed by atoms with Crippen molar-refractivity contribution in [3.05, 3.63) is 24.3 Å². The van der Waals surface area contributed by atoms with E-state index in [4.69, 9.17) is 5.11 Å². The molecule has 18 heavy (non-hydrogen) atoms. The topological polar surface area (TPSA) is 37.3 Å². The van der Waals surface area contributed by atoms with Crippen molar-refractivity contribution in [1.82, 2.24) is 0 Å². The average Bonchev–Trinajstić information content (AvgIpc) is 2.34. The summed E-state index contributed by atoms with van der Waals surface area (Å²) < 4.78 is 0. The van der Waals surface area contributed by atoms with Crippen LogP contribution < -0.4 is 0 Å². The Kier molecular flexibility index (Phi) is 13.2. The van der Waals surface area contributed by atoms with E-state index in [9.17, 15) is 4.79 Å². The molecule has 0 aromatic carbocycles. The van der Waals surface area contributed by atoms with Gasteiger partial charge in [-0.3, -0.25) is 4.79 Å². The lowest BCUT2D eigenvalue weighted by Crippen LogP contribution is -1.92. The molecule has 0 aromatic heterocycles. The van der Waals surface area contributed by atoms with Gasteiger partial charge in [0.25, 0.3) is 0 Å². The summed E-state index contributed by atoms with van der Waals surface area (Å²) in [5.74, 6) is -0.706. The molecule has 104 valence electrons. The number of hydrogen-bond acceptors (Lipinski definition) is 1. The van der Waals surface area contributed by atoms with Gasteiger partial charge in [-0.05, 0) is 25.7 Å². The minimum Gasteiger partial charge on any atom is -0.481 e. The highest BCUT2D eigenvalue weighted by Gasteiger charge is 1.92. The molecule has 0 aromatic rings. The largest absolute Gasteiger partial charge is 0.481 e. The fourth-order valence-corrected chi connectivity index (χ4v) is 1.76. The Morgan fingerprint density at radius 1 is 0.889 bits per heavy atom. The van der Waals surface area contributed by atoms with Crippen molar-refractivity contribution in [1.29, 1.82) is 0 Å². The lowest BCUT2D eigenvalue weighted by atomic mass is 10.1. The zero-order chi connectivity index (χ0) is 13.5. The molecular formula is C16H28O2. The Labute approximate surface area is 112 Å². The SMILES string of the molecule is CCCCCCCC/C=C\C=C\CCCC(=O)O. The Morgan fingerprint density at radius 3 is 2.06 bits per heavy atom. The molecule has 0 spiro atoms. The van der Waals surface area contributed by atoms with Crippen LogP contribution in [0.2, 0.25) is 0 Å². The van der Waals surface area contributed by atoms with E-state index in [0.29, 0.717) is 0 Å². The monoisotopic (exact) mass is 252 g/mol. The van der Waals surface area contributed by atoms with Crippen molar-refractivity contribution < 1.29 is 9.90 Å². The summed E-state index contributed by atoms with van der Waals surface area (Å²) in [5.41, 5.74) is 0. The second-order valence-electron chi connectivity index (χ2n) is 4.70. The number of carboxylic acid groups (broad SMARTS) is 1. The van der Waals surface area contributed by atoms with Gasteiger partial charge in [-0.2, -0.15) is 0 Å². The van der Waals surface area contributed by atoms with Crippen molar-refractivity contribution in [3.8, 4) is 0 Å². The molecule has 0 amide bonds. The molecule has 0 radical (unpaired) electrons. The number of aliphatic carboxylic acids is 1. The van der Waals surface area contributed by atoms with E-state index in [-0.39, 0.29) is 6.42 Å². The van der Waals surface area contributed by atoms with Crippen LogP contribution in [0, 0.1) is 0 Å². The number of allylic oxidation sites excluding steroid dienone is 4. The number of carbonyl (C=O) groups is 1. The lowest BCUT2D eigenvalue weighted by molar-refractivity contribution is -0.137. The first-order valence-electron chi connectivity index (χ1n) is 7.30. The number of unbranched alkanes of at least 4 members (excludes halogenated alkanes) is 7.